The normalized spacial score (nSPS) is 11.0. The first-order valence-corrected chi connectivity index (χ1v) is 5.93. The molecule has 0 aliphatic rings. The predicted octanol–water partition coefficient (Wildman–Crippen LogP) is 3.61. The van der Waals surface area contributed by atoms with Crippen molar-refractivity contribution in [2.45, 2.75) is 13.1 Å². The lowest BCUT2D eigenvalue weighted by Crippen LogP contribution is -2.09. The molecule has 0 aliphatic heterocycles. The van der Waals surface area contributed by atoms with E-state index in [2.05, 4.69) is 10.3 Å². The van der Waals surface area contributed by atoms with Gasteiger partial charge in [-0.2, -0.15) is 18.4 Å². The molecule has 0 fully saturated rings. The molecule has 2 rings (SSSR count). The zero-order valence-corrected chi connectivity index (χ0v) is 11.0. The molecule has 4 nitrogen and oxygen atoms in total. The van der Waals surface area contributed by atoms with Gasteiger partial charge in [0.05, 0.1) is 22.9 Å². The standard InChI is InChI=1S/C14H11F3N4/c1-8-2-5-12(19)13(20-8)21-10-4-3-9(7-18)11(6-10)14(15,16)17/h2-6H,19H2,1H3,(H,20,21). The quantitative estimate of drug-likeness (QED) is 0.886. The summed E-state index contributed by atoms with van der Waals surface area (Å²) in [6.45, 7) is 1.74. The molecule has 0 aliphatic carbocycles. The van der Waals surface area contributed by atoms with Gasteiger partial charge in [0, 0.05) is 11.4 Å². The number of aromatic nitrogens is 1. The van der Waals surface area contributed by atoms with Crippen LogP contribution in [0.1, 0.15) is 16.8 Å². The number of nitrogen functional groups attached to an aromatic ring is 1. The second kappa shape index (κ2) is 5.32. The van der Waals surface area contributed by atoms with E-state index in [9.17, 15) is 13.2 Å². The summed E-state index contributed by atoms with van der Waals surface area (Å²) in [5.41, 5.74) is 5.44. The molecule has 0 atom stereocenters. The minimum Gasteiger partial charge on any atom is -0.396 e. The van der Waals surface area contributed by atoms with Crippen LogP contribution in [0.2, 0.25) is 0 Å². The van der Waals surface area contributed by atoms with E-state index >= 15 is 0 Å². The van der Waals surface area contributed by atoms with E-state index < -0.39 is 17.3 Å². The number of hydrogen-bond donors (Lipinski definition) is 2. The highest BCUT2D eigenvalue weighted by Gasteiger charge is 2.33. The van der Waals surface area contributed by atoms with Crippen LogP contribution >= 0.6 is 0 Å². The molecule has 0 amide bonds. The van der Waals surface area contributed by atoms with E-state index in [-0.39, 0.29) is 11.5 Å². The fourth-order valence-corrected chi connectivity index (χ4v) is 1.76. The number of halogens is 3. The summed E-state index contributed by atoms with van der Waals surface area (Å²) in [5.74, 6) is 0.271. The number of benzene rings is 1. The fourth-order valence-electron chi connectivity index (χ4n) is 1.76. The first-order chi connectivity index (χ1) is 9.81. The second-order valence-corrected chi connectivity index (χ2v) is 4.39. The van der Waals surface area contributed by atoms with E-state index in [1.807, 2.05) is 0 Å². The molecule has 1 aromatic carbocycles. The number of nitrogens with two attached hydrogens (primary N) is 1. The predicted molar refractivity (Wildman–Crippen MR) is 72.8 cm³/mol. The largest absolute Gasteiger partial charge is 0.417 e. The molecule has 1 heterocycles. The molecule has 0 saturated carbocycles. The fraction of sp³-hybridized carbons (Fsp3) is 0.143. The first-order valence-electron chi connectivity index (χ1n) is 5.93. The van der Waals surface area contributed by atoms with Crippen LogP contribution in [0.4, 0.5) is 30.4 Å². The van der Waals surface area contributed by atoms with Crippen LogP contribution in [0.5, 0.6) is 0 Å². The second-order valence-electron chi connectivity index (χ2n) is 4.39. The lowest BCUT2D eigenvalue weighted by atomic mass is 10.1. The van der Waals surface area contributed by atoms with Gasteiger partial charge in [-0.3, -0.25) is 0 Å². The van der Waals surface area contributed by atoms with Crippen molar-refractivity contribution in [3.8, 4) is 6.07 Å². The lowest BCUT2D eigenvalue weighted by Gasteiger charge is -2.13. The van der Waals surface area contributed by atoms with Gasteiger partial charge < -0.3 is 11.1 Å². The first kappa shape index (κ1) is 14.7. The highest BCUT2D eigenvalue weighted by Crippen LogP contribution is 2.34. The van der Waals surface area contributed by atoms with Crippen molar-refractivity contribution in [3.05, 3.63) is 47.2 Å². The van der Waals surface area contributed by atoms with Crippen LogP contribution < -0.4 is 11.1 Å². The molecular weight excluding hydrogens is 281 g/mol. The number of rotatable bonds is 2. The summed E-state index contributed by atoms with van der Waals surface area (Å²) in [4.78, 5) is 4.12. The minimum atomic E-state index is -4.60. The molecule has 0 spiro atoms. The summed E-state index contributed by atoms with van der Waals surface area (Å²) in [5, 5.41) is 11.5. The topological polar surface area (TPSA) is 74.7 Å². The average Bonchev–Trinajstić information content (AvgIpc) is 2.42. The Labute approximate surface area is 119 Å². The van der Waals surface area contributed by atoms with Crippen LogP contribution in [-0.4, -0.2) is 4.98 Å². The summed E-state index contributed by atoms with van der Waals surface area (Å²) in [6, 6.07) is 8.17. The SMILES string of the molecule is Cc1ccc(N)c(Nc2ccc(C#N)c(C(F)(F)F)c2)n1. The molecule has 108 valence electrons. The number of hydrogen-bond acceptors (Lipinski definition) is 4. The smallest absolute Gasteiger partial charge is 0.396 e. The van der Waals surface area contributed by atoms with E-state index in [0.717, 1.165) is 12.1 Å². The van der Waals surface area contributed by atoms with Crippen molar-refractivity contribution in [1.29, 1.82) is 5.26 Å². The van der Waals surface area contributed by atoms with Crippen molar-refractivity contribution in [2.24, 2.45) is 0 Å². The van der Waals surface area contributed by atoms with Gasteiger partial charge in [-0.15, -0.1) is 0 Å². The highest BCUT2D eigenvalue weighted by molar-refractivity contribution is 5.69. The molecule has 2 aromatic rings. The van der Waals surface area contributed by atoms with Gasteiger partial charge in [0.15, 0.2) is 5.82 Å². The van der Waals surface area contributed by atoms with Crippen molar-refractivity contribution in [2.75, 3.05) is 11.1 Å². The van der Waals surface area contributed by atoms with E-state index in [1.54, 1.807) is 19.1 Å². The Morgan fingerprint density at radius 3 is 2.57 bits per heavy atom. The molecule has 1 aromatic heterocycles. The van der Waals surface area contributed by atoms with E-state index in [0.29, 0.717) is 11.4 Å². The maximum atomic E-state index is 12.9. The van der Waals surface area contributed by atoms with Gasteiger partial charge in [0.2, 0.25) is 0 Å². The number of nitrogens with zero attached hydrogens (tertiary/aromatic N) is 2. The molecule has 0 unspecified atom stereocenters. The zero-order chi connectivity index (χ0) is 15.6. The van der Waals surface area contributed by atoms with Crippen LogP contribution in [0, 0.1) is 18.3 Å². The Bertz CT molecular complexity index is 717. The van der Waals surface area contributed by atoms with E-state index in [4.69, 9.17) is 11.0 Å². The number of nitrogens with one attached hydrogen (secondary N) is 1. The highest BCUT2D eigenvalue weighted by atomic mass is 19.4. The van der Waals surface area contributed by atoms with Crippen molar-refractivity contribution < 1.29 is 13.2 Å². The zero-order valence-electron chi connectivity index (χ0n) is 11.0. The maximum absolute atomic E-state index is 12.9. The summed E-state index contributed by atoms with van der Waals surface area (Å²) in [7, 11) is 0. The van der Waals surface area contributed by atoms with Gasteiger partial charge in [0.1, 0.15) is 0 Å². The summed E-state index contributed by atoms with van der Waals surface area (Å²) >= 11 is 0. The van der Waals surface area contributed by atoms with Gasteiger partial charge >= 0.3 is 6.18 Å². The average molecular weight is 292 g/mol. The molecular formula is C14H11F3N4. The van der Waals surface area contributed by atoms with E-state index in [1.165, 1.54) is 12.1 Å². The Hall–Kier alpha value is -2.75. The van der Waals surface area contributed by atoms with Crippen molar-refractivity contribution >= 4 is 17.2 Å². The molecule has 7 heteroatoms. The van der Waals surface area contributed by atoms with Gasteiger partial charge in [-0.1, -0.05) is 0 Å². The number of aryl methyl sites for hydroxylation is 1. The summed E-state index contributed by atoms with van der Waals surface area (Å²) in [6.07, 6.45) is -4.60. The molecule has 0 bridgehead atoms. The van der Waals surface area contributed by atoms with Crippen LogP contribution in [0.15, 0.2) is 30.3 Å². The Kier molecular flexibility index (Phi) is 3.72. The van der Waals surface area contributed by atoms with Crippen LogP contribution in [-0.2, 0) is 6.18 Å². The third kappa shape index (κ3) is 3.23. The Balaban J connectivity index is 2.42. The lowest BCUT2D eigenvalue weighted by molar-refractivity contribution is -0.137. The van der Waals surface area contributed by atoms with Crippen molar-refractivity contribution in [3.63, 3.8) is 0 Å². The third-order valence-corrected chi connectivity index (χ3v) is 2.77. The minimum absolute atomic E-state index is 0.158. The van der Waals surface area contributed by atoms with Gasteiger partial charge in [-0.05, 0) is 37.3 Å². The Morgan fingerprint density at radius 1 is 1.24 bits per heavy atom. The van der Waals surface area contributed by atoms with Crippen molar-refractivity contribution in [1.82, 2.24) is 4.98 Å². The van der Waals surface area contributed by atoms with Crippen LogP contribution in [0.3, 0.4) is 0 Å². The summed E-state index contributed by atoms with van der Waals surface area (Å²) < 4.78 is 38.6. The van der Waals surface area contributed by atoms with Gasteiger partial charge in [-0.25, -0.2) is 4.98 Å². The monoisotopic (exact) mass is 292 g/mol. The number of pyridine rings is 1. The molecule has 3 N–H and O–H groups in total. The Morgan fingerprint density at radius 2 is 1.95 bits per heavy atom. The molecule has 21 heavy (non-hydrogen) atoms. The third-order valence-electron chi connectivity index (χ3n) is 2.77. The maximum Gasteiger partial charge on any atom is 0.417 e. The van der Waals surface area contributed by atoms with Gasteiger partial charge in [0.25, 0.3) is 0 Å². The molecule has 0 radical (unpaired) electrons. The molecule has 0 saturated heterocycles. The number of alkyl halides is 3. The van der Waals surface area contributed by atoms with Crippen LogP contribution in [0.25, 0.3) is 0 Å². The number of anilines is 3. The number of nitriles is 1.